The Hall–Kier alpha value is -6.64. The fourth-order valence-corrected chi connectivity index (χ4v) is 9.20. The summed E-state index contributed by atoms with van der Waals surface area (Å²) in [4.78, 5) is 2.45. The van der Waals surface area contributed by atoms with Crippen molar-refractivity contribution in [3.63, 3.8) is 0 Å². The number of para-hydroxylation sites is 1. The first-order valence-corrected chi connectivity index (χ1v) is 18.4. The van der Waals surface area contributed by atoms with Crippen LogP contribution in [-0.4, -0.2) is 0 Å². The molecule has 0 unspecified atom stereocenters. The van der Waals surface area contributed by atoms with E-state index in [1.54, 1.807) is 0 Å². The predicted molar refractivity (Wildman–Crippen MR) is 224 cm³/mol. The van der Waals surface area contributed by atoms with Gasteiger partial charge in [0, 0.05) is 39.2 Å². The first-order valence-electron chi connectivity index (χ1n) is 18.4. The Bertz CT molecular complexity index is 3100. The molecule has 0 amide bonds. The molecule has 1 aliphatic carbocycles. The Labute approximate surface area is 308 Å². The number of furan rings is 1. The van der Waals surface area contributed by atoms with Gasteiger partial charge in [-0.1, -0.05) is 147 Å². The molecule has 250 valence electrons. The molecule has 0 bridgehead atoms. The lowest BCUT2D eigenvalue weighted by Gasteiger charge is -2.30. The van der Waals surface area contributed by atoms with Gasteiger partial charge < -0.3 is 9.32 Å². The maximum absolute atomic E-state index is 6.52. The van der Waals surface area contributed by atoms with Crippen LogP contribution in [0.1, 0.15) is 25.0 Å². The van der Waals surface area contributed by atoms with Crippen molar-refractivity contribution < 1.29 is 4.42 Å². The molecule has 0 atom stereocenters. The second-order valence-electron chi connectivity index (χ2n) is 14.9. The molecule has 0 aliphatic heterocycles. The summed E-state index contributed by atoms with van der Waals surface area (Å²) in [5, 5.41) is 9.75. The third-order valence-corrected chi connectivity index (χ3v) is 11.6. The van der Waals surface area contributed by atoms with Crippen molar-refractivity contribution in [1.29, 1.82) is 0 Å². The van der Waals surface area contributed by atoms with Crippen LogP contribution in [0.25, 0.3) is 76.5 Å². The average molecular weight is 678 g/mol. The van der Waals surface area contributed by atoms with Crippen LogP contribution in [0.4, 0.5) is 17.1 Å². The molecule has 2 nitrogen and oxygen atoms in total. The van der Waals surface area contributed by atoms with Crippen molar-refractivity contribution in [2.75, 3.05) is 4.90 Å². The summed E-state index contributed by atoms with van der Waals surface area (Å²) in [6, 6.07) is 64.3. The minimum absolute atomic E-state index is 0.140. The lowest BCUT2D eigenvalue weighted by Crippen LogP contribution is -2.16. The molecular weight excluding hydrogens is 643 g/mol. The van der Waals surface area contributed by atoms with Gasteiger partial charge in [0.25, 0.3) is 0 Å². The van der Waals surface area contributed by atoms with Crippen LogP contribution in [0.3, 0.4) is 0 Å². The van der Waals surface area contributed by atoms with Crippen LogP contribution >= 0.6 is 0 Å². The second-order valence-corrected chi connectivity index (χ2v) is 14.9. The van der Waals surface area contributed by atoms with Gasteiger partial charge in [-0.15, -0.1) is 0 Å². The third kappa shape index (κ3) is 4.39. The van der Waals surface area contributed by atoms with Crippen LogP contribution < -0.4 is 4.90 Å². The smallest absolute Gasteiger partial charge is 0.137 e. The maximum Gasteiger partial charge on any atom is 0.137 e. The highest BCUT2D eigenvalue weighted by Gasteiger charge is 2.37. The summed E-state index contributed by atoms with van der Waals surface area (Å²) in [5.74, 6) is 0. The van der Waals surface area contributed by atoms with Gasteiger partial charge >= 0.3 is 0 Å². The molecule has 11 rings (SSSR count). The lowest BCUT2D eigenvalue weighted by atomic mass is 9.80. The van der Waals surface area contributed by atoms with E-state index in [0.717, 1.165) is 39.0 Å². The second kappa shape index (κ2) is 11.2. The van der Waals surface area contributed by atoms with Crippen LogP contribution in [0.5, 0.6) is 0 Å². The topological polar surface area (TPSA) is 16.4 Å². The van der Waals surface area contributed by atoms with Crippen molar-refractivity contribution in [3.05, 3.63) is 187 Å². The number of benzene rings is 9. The van der Waals surface area contributed by atoms with Crippen LogP contribution in [0.15, 0.2) is 180 Å². The van der Waals surface area contributed by atoms with Crippen molar-refractivity contribution in [2.45, 2.75) is 19.3 Å². The summed E-state index contributed by atoms with van der Waals surface area (Å²) < 4.78 is 6.52. The van der Waals surface area contributed by atoms with Gasteiger partial charge in [-0.2, -0.15) is 0 Å². The molecule has 0 radical (unpaired) electrons. The molecule has 0 N–H and O–H groups in total. The number of rotatable bonds is 4. The Morgan fingerprint density at radius 2 is 1.02 bits per heavy atom. The Morgan fingerprint density at radius 1 is 0.415 bits per heavy atom. The van der Waals surface area contributed by atoms with Crippen molar-refractivity contribution in [1.82, 2.24) is 0 Å². The zero-order chi connectivity index (χ0) is 35.3. The minimum atomic E-state index is -0.140. The van der Waals surface area contributed by atoms with Crippen molar-refractivity contribution in [2.24, 2.45) is 0 Å². The van der Waals surface area contributed by atoms with Gasteiger partial charge in [0.1, 0.15) is 11.2 Å². The molecule has 53 heavy (non-hydrogen) atoms. The predicted octanol–water partition coefficient (Wildman–Crippen LogP) is 14.5. The van der Waals surface area contributed by atoms with E-state index in [1.165, 1.54) is 65.7 Å². The number of hydrogen-bond donors (Lipinski definition) is 0. The molecule has 1 heterocycles. The molecule has 10 aromatic rings. The van der Waals surface area contributed by atoms with E-state index in [4.69, 9.17) is 4.42 Å². The highest BCUT2D eigenvalue weighted by Crippen LogP contribution is 2.54. The standard InChI is InChI=1S/C51H35NO/c1-51(2)45-28-25-35(30-44(45)43-26-22-34-14-5-8-18-39(34)50(43)51)52(36-24-27-41-40-19-9-10-21-47(40)53-48(41)31-36)46-29-23-33-13-4-7-17-38(33)49(46)42-20-11-15-32-12-3-6-16-37(32)42/h3-31H,1-2H3. The average Bonchev–Trinajstić information content (AvgIpc) is 3.69. The number of anilines is 3. The highest BCUT2D eigenvalue weighted by atomic mass is 16.3. The first kappa shape index (κ1) is 30.0. The van der Waals surface area contributed by atoms with E-state index in [9.17, 15) is 0 Å². The van der Waals surface area contributed by atoms with Gasteiger partial charge in [0.15, 0.2) is 0 Å². The molecule has 0 saturated heterocycles. The first-order chi connectivity index (χ1) is 26.0. The lowest BCUT2D eigenvalue weighted by molar-refractivity contribution is 0.666. The van der Waals surface area contributed by atoms with E-state index in [0.29, 0.717) is 0 Å². The Morgan fingerprint density at radius 3 is 1.85 bits per heavy atom. The Balaban J connectivity index is 1.22. The van der Waals surface area contributed by atoms with Crippen LogP contribution in [0, 0.1) is 0 Å². The van der Waals surface area contributed by atoms with E-state index < -0.39 is 0 Å². The summed E-state index contributed by atoms with van der Waals surface area (Å²) in [5.41, 5.74) is 12.7. The largest absolute Gasteiger partial charge is 0.456 e. The number of fused-ring (bicyclic) bond motifs is 10. The summed E-state index contributed by atoms with van der Waals surface area (Å²) in [6.45, 7) is 4.75. The monoisotopic (exact) mass is 677 g/mol. The van der Waals surface area contributed by atoms with E-state index >= 15 is 0 Å². The maximum atomic E-state index is 6.52. The zero-order valence-corrected chi connectivity index (χ0v) is 29.6. The minimum Gasteiger partial charge on any atom is -0.456 e. The summed E-state index contributed by atoms with van der Waals surface area (Å²) in [7, 11) is 0. The quantitative estimate of drug-likeness (QED) is 0.184. The van der Waals surface area contributed by atoms with Crippen molar-refractivity contribution >= 4 is 71.3 Å². The Kier molecular flexibility index (Phi) is 6.33. The van der Waals surface area contributed by atoms with Gasteiger partial charge in [-0.3, -0.25) is 0 Å². The van der Waals surface area contributed by atoms with E-state index in [-0.39, 0.29) is 5.41 Å². The molecule has 2 heteroatoms. The molecule has 0 fully saturated rings. The van der Waals surface area contributed by atoms with Gasteiger partial charge in [-0.05, 0) is 96.5 Å². The fraction of sp³-hybridized carbons (Fsp3) is 0.0588. The third-order valence-electron chi connectivity index (χ3n) is 11.6. The molecular formula is C51H35NO. The highest BCUT2D eigenvalue weighted by molar-refractivity contribution is 6.12. The summed E-state index contributed by atoms with van der Waals surface area (Å²) in [6.07, 6.45) is 0. The molecule has 1 aromatic heterocycles. The van der Waals surface area contributed by atoms with Crippen molar-refractivity contribution in [3.8, 4) is 22.3 Å². The van der Waals surface area contributed by atoms with E-state index in [1.807, 2.05) is 6.07 Å². The van der Waals surface area contributed by atoms with E-state index in [2.05, 4.69) is 189 Å². The number of hydrogen-bond acceptors (Lipinski definition) is 2. The van der Waals surface area contributed by atoms with Crippen LogP contribution in [0.2, 0.25) is 0 Å². The zero-order valence-electron chi connectivity index (χ0n) is 29.6. The molecule has 0 spiro atoms. The van der Waals surface area contributed by atoms with Gasteiger partial charge in [0.2, 0.25) is 0 Å². The van der Waals surface area contributed by atoms with Crippen LogP contribution in [-0.2, 0) is 5.41 Å². The normalized spacial score (nSPS) is 13.2. The molecule has 1 aliphatic rings. The van der Waals surface area contributed by atoms with Gasteiger partial charge in [0.05, 0.1) is 5.69 Å². The number of nitrogens with zero attached hydrogens (tertiary/aromatic N) is 1. The fourth-order valence-electron chi connectivity index (χ4n) is 9.20. The molecule has 9 aromatic carbocycles. The summed E-state index contributed by atoms with van der Waals surface area (Å²) >= 11 is 0. The SMILES string of the molecule is CC1(C)c2ccc(N(c3ccc4c(c3)oc3ccccc34)c3ccc4ccccc4c3-c3cccc4ccccc34)cc2-c2ccc3ccccc3c21. The van der Waals surface area contributed by atoms with Gasteiger partial charge in [-0.25, -0.2) is 0 Å². The molecule has 0 saturated carbocycles.